The molecule has 2 heterocycles. The number of furan rings is 1. The van der Waals surface area contributed by atoms with Crippen LogP contribution in [0.1, 0.15) is 30.8 Å². The highest BCUT2D eigenvalue weighted by Crippen LogP contribution is 2.14. The molecule has 2 N–H and O–H groups in total. The van der Waals surface area contributed by atoms with Crippen LogP contribution in [0.4, 0.5) is 0 Å². The van der Waals surface area contributed by atoms with E-state index in [0.29, 0.717) is 18.4 Å². The van der Waals surface area contributed by atoms with E-state index < -0.39 is 0 Å². The van der Waals surface area contributed by atoms with Gasteiger partial charge < -0.3 is 19.6 Å². The van der Waals surface area contributed by atoms with Crippen molar-refractivity contribution < 1.29 is 14.3 Å². The highest BCUT2D eigenvalue weighted by molar-refractivity contribution is 5.05. The predicted molar refractivity (Wildman–Crippen MR) is 59.9 cm³/mol. The molecular weight excluding hydrogens is 206 g/mol. The second-order valence-electron chi connectivity index (χ2n) is 4.13. The minimum absolute atomic E-state index is 0.0318. The minimum Gasteiger partial charge on any atom is -0.462 e. The lowest BCUT2D eigenvalue weighted by Gasteiger charge is -2.08. The third-order valence-electron chi connectivity index (χ3n) is 2.84. The number of hydrogen-bond donors (Lipinski definition) is 2. The maximum Gasteiger partial charge on any atom is 0.129 e. The Morgan fingerprint density at radius 3 is 2.94 bits per heavy atom. The van der Waals surface area contributed by atoms with E-state index in [9.17, 15) is 0 Å². The Labute approximate surface area is 95.6 Å². The summed E-state index contributed by atoms with van der Waals surface area (Å²) in [5, 5.41) is 12.1. The standard InChI is InChI=1S/C12H19NO3/c14-9-12-4-3-11(16-12)8-13-6-5-10-2-1-7-15-10/h3-4,10,13-14H,1-2,5-9H2. The SMILES string of the molecule is OCc1ccc(CNCCC2CCCO2)o1. The topological polar surface area (TPSA) is 54.6 Å². The van der Waals surface area contributed by atoms with Gasteiger partial charge in [-0.2, -0.15) is 0 Å². The molecule has 1 unspecified atom stereocenters. The van der Waals surface area contributed by atoms with Crippen LogP contribution < -0.4 is 5.32 Å². The summed E-state index contributed by atoms with van der Waals surface area (Å²) in [5.74, 6) is 1.49. The van der Waals surface area contributed by atoms with Crippen LogP contribution in [0.2, 0.25) is 0 Å². The number of rotatable bonds is 6. The number of aliphatic hydroxyl groups is 1. The Kier molecular flexibility index (Phi) is 4.39. The van der Waals surface area contributed by atoms with Crippen molar-refractivity contribution >= 4 is 0 Å². The van der Waals surface area contributed by atoms with Gasteiger partial charge in [-0.3, -0.25) is 0 Å². The molecular formula is C12H19NO3. The van der Waals surface area contributed by atoms with E-state index in [0.717, 1.165) is 25.3 Å². The Morgan fingerprint density at radius 2 is 2.25 bits per heavy atom. The predicted octanol–water partition coefficient (Wildman–Crippen LogP) is 1.43. The van der Waals surface area contributed by atoms with E-state index >= 15 is 0 Å². The van der Waals surface area contributed by atoms with Crippen LogP contribution in [0, 0.1) is 0 Å². The summed E-state index contributed by atoms with van der Waals surface area (Å²) in [6.45, 7) is 2.55. The molecule has 0 aromatic carbocycles. The molecule has 0 spiro atoms. The van der Waals surface area contributed by atoms with Gasteiger partial charge in [0.05, 0.1) is 12.6 Å². The molecule has 1 fully saturated rings. The second-order valence-corrected chi connectivity index (χ2v) is 4.13. The van der Waals surface area contributed by atoms with Crippen LogP contribution >= 0.6 is 0 Å². The summed E-state index contributed by atoms with van der Waals surface area (Å²) in [7, 11) is 0. The van der Waals surface area contributed by atoms with E-state index in [4.69, 9.17) is 14.3 Å². The largest absolute Gasteiger partial charge is 0.462 e. The van der Waals surface area contributed by atoms with Crippen LogP contribution in [-0.4, -0.2) is 24.4 Å². The molecule has 90 valence electrons. The Hall–Kier alpha value is -0.840. The first kappa shape index (κ1) is 11.6. The Morgan fingerprint density at radius 1 is 1.38 bits per heavy atom. The average molecular weight is 225 g/mol. The summed E-state index contributed by atoms with van der Waals surface area (Å²) < 4.78 is 10.9. The molecule has 1 saturated heterocycles. The molecule has 2 rings (SSSR count). The number of aliphatic hydroxyl groups excluding tert-OH is 1. The molecule has 0 saturated carbocycles. The first-order chi connectivity index (χ1) is 7.88. The maximum atomic E-state index is 8.84. The molecule has 1 aliphatic heterocycles. The van der Waals surface area contributed by atoms with Crippen molar-refractivity contribution in [2.24, 2.45) is 0 Å². The van der Waals surface area contributed by atoms with Gasteiger partial charge in [0.15, 0.2) is 0 Å². The molecule has 1 aliphatic rings. The number of ether oxygens (including phenoxy) is 1. The lowest BCUT2D eigenvalue weighted by atomic mass is 10.2. The van der Waals surface area contributed by atoms with E-state index in [-0.39, 0.29) is 6.61 Å². The fourth-order valence-corrected chi connectivity index (χ4v) is 1.95. The van der Waals surface area contributed by atoms with Crippen molar-refractivity contribution in [3.8, 4) is 0 Å². The van der Waals surface area contributed by atoms with Gasteiger partial charge in [0.2, 0.25) is 0 Å². The highest BCUT2D eigenvalue weighted by Gasteiger charge is 2.14. The quantitative estimate of drug-likeness (QED) is 0.719. The summed E-state index contributed by atoms with van der Waals surface area (Å²) in [6, 6.07) is 3.70. The summed E-state index contributed by atoms with van der Waals surface area (Å²) >= 11 is 0. The molecule has 1 aromatic heterocycles. The lowest BCUT2D eigenvalue weighted by Crippen LogP contribution is -2.19. The van der Waals surface area contributed by atoms with Crippen molar-refractivity contribution in [1.29, 1.82) is 0 Å². The van der Waals surface area contributed by atoms with Crippen molar-refractivity contribution in [2.75, 3.05) is 13.2 Å². The average Bonchev–Trinajstić information content (AvgIpc) is 2.95. The number of hydrogen-bond acceptors (Lipinski definition) is 4. The van der Waals surface area contributed by atoms with E-state index in [2.05, 4.69) is 5.32 Å². The minimum atomic E-state index is -0.0318. The van der Waals surface area contributed by atoms with Gasteiger partial charge in [-0.15, -0.1) is 0 Å². The molecule has 4 heteroatoms. The molecule has 0 amide bonds. The fraction of sp³-hybridized carbons (Fsp3) is 0.667. The third-order valence-corrected chi connectivity index (χ3v) is 2.84. The van der Waals surface area contributed by atoms with Gasteiger partial charge in [-0.1, -0.05) is 0 Å². The first-order valence-corrected chi connectivity index (χ1v) is 5.89. The molecule has 4 nitrogen and oxygen atoms in total. The van der Waals surface area contributed by atoms with Crippen LogP contribution in [0.5, 0.6) is 0 Å². The van der Waals surface area contributed by atoms with E-state index in [1.807, 2.05) is 6.07 Å². The van der Waals surface area contributed by atoms with Gasteiger partial charge in [-0.25, -0.2) is 0 Å². The normalized spacial score (nSPS) is 20.4. The summed E-state index contributed by atoms with van der Waals surface area (Å²) in [4.78, 5) is 0. The highest BCUT2D eigenvalue weighted by atomic mass is 16.5. The van der Waals surface area contributed by atoms with Crippen LogP contribution in [0.3, 0.4) is 0 Å². The molecule has 0 bridgehead atoms. The fourth-order valence-electron chi connectivity index (χ4n) is 1.95. The van der Waals surface area contributed by atoms with Gasteiger partial charge >= 0.3 is 0 Å². The molecule has 0 radical (unpaired) electrons. The van der Waals surface area contributed by atoms with Gasteiger partial charge in [-0.05, 0) is 37.9 Å². The van der Waals surface area contributed by atoms with E-state index in [1.165, 1.54) is 12.8 Å². The molecule has 16 heavy (non-hydrogen) atoms. The van der Waals surface area contributed by atoms with E-state index in [1.54, 1.807) is 6.07 Å². The molecule has 0 aliphatic carbocycles. The summed E-state index contributed by atoms with van der Waals surface area (Å²) in [5.41, 5.74) is 0. The second kappa shape index (κ2) is 6.03. The lowest BCUT2D eigenvalue weighted by molar-refractivity contribution is 0.104. The zero-order valence-electron chi connectivity index (χ0n) is 9.45. The van der Waals surface area contributed by atoms with Crippen LogP contribution in [-0.2, 0) is 17.9 Å². The van der Waals surface area contributed by atoms with Crippen molar-refractivity contribution in [3.63, 3.8) is 0 Å². The Balaban J connectivity index is 1.60. The van der Waals surface area contributed by atoms with Crippen molar-refractivity contribution in [1.82, 2.24) is 5.32 Å². The number of nitrogens with one attached hydrogen (secondary N) is 1. The summed E-state index contributed by atoms with van der Waals surface area (Å²) in [6.07, 6.45) is 3.89. The van der Waals surface area contributed by atoms with Crippen LogP contribution in [0.25, 0.3) is 0 Å². The maximum absolute atomic E-state index is 8.84. The van der Waals surface area contributed by atoms with Gasteiger partial charge in [0.25, 0.3) is 0 Å². The van der Waals surface area contributed by atoms with Crippen LogP contribution in [0.15, 0.2) is 16.5 Å². The smallest absolute Gasteiger partial charge is 0.129 e. The van der Waals surface area contributed by atoms with Crippen molar-refractivity contribution in [2.45, 2.75) is 38.5 Å². The van der Waals surface area contributed by atoms with Gasteiger partial charge in [0.1, 0.15) is 18.1 Å². The van der Waals surface area contributed by atoms with Crippen molar-refractivity contribution in [3.05, 3.63) is 23.7 Å². The Bertz CT molecular complexity index is 305. The molecule has 1 aromatic rings. The monoisotopic (exact) mass is 225 g/mol. The zero-order valence-corrected chi connectivity index (χ0v) is 9.45. The molecule has 1 atom stereocenters. The van der Waals surface area contributed by atoms with Gasteiger partial charge in [0, 0.05) is 6.61 Å². The zero-order chi connectivity index (χ0) is 11.2. The third kappa shape index (κ3) is 3.33. The first-order valence-electron chi connectivity index (χ1n) is 5.89.